The number of hydrogen-bond acceptors (Lipinski definition) is 1. The number of halogens is 1. The Labute approximate surface area is 90.7 Å². The van der Waals surface area contributed by atoms with Crippen LogP contribution in [0.25, 0.3) is 0 Å². The molecule has 0 saturated heterocycles. The Morgan fingerprint density at radius 3 is 2.80 bits per heavy atom. The molecule has 1 unspecified atom stereocenters. The van der Waals surface area contributed by atoms with Crippen molar-refractivity contribution in [3.8, 4) is 12.3 Å². The summed E-state index contributed by atoms with van der Waals surface area (Å²) in [6.45, 7) is 1.77. The van der Waals surface area contributed by atoms with Gasteiger partial charge >= 0.3 is 0 Å². The van der Waals surface area contributed by atoms with E-state index >= 15 is 0 Å². The second-order valence-electron chi connectivity index (χ2n) is 3.59. The van der Waals surface area contributed by atoms with E-state index in [0.717, 1.165) is 18.4 Å². The molecule has 1 atom stereocenters. The molecule has 0 aromatic heterocycles. The van der Waals surface area contributed by atoms with E-state index in [4.69, 9.17) is 6.42 Å². The average Bonchev–Trinajstić information content (AvgIpc) is 2.24. The predicted octanol–water partition coefficient (Wildman–Crippen LogP) is 2.81. The standard InChI is InChI=1S/C13H16FN/c1-4-5-6-13(15-3)11-7-8-12(14)10(2)9-11/h1,7-9,13,15H,5-6H2,2-3H3. The molecule has 2 heteroatoms. The smallest absolute Gasteiger partial charge is 0.126 e. The zero-order valence-electron chi connectivity index (χ0n) is 9.18. The van der Waals surface area contributed by atoms with Gasteiger partial charge in [0.05, 0.1) is 0 Å². The highest BCUT2D eigenvalue weighted by Gasteiger charge is 2.09. The highest BCUT2D eigenvalue weighted by atomic mass is 19.1. The Balaban J connectivity index is 2.83. The van der Waals surface area contributed by atoms with Crippen LogP contribution in [0.15, 0.2) is 18.2 Å². The minimum Gasteiger partial charge on any atom is -0.313 e. The van der Waals surface area contributed by atoms with E-state index in [9.17, 15) is 4.39 Å². The molecule has 1 aromatic carbocycles. The SMILES string of the molecule is C#CCCC(NC)c1ccc(F)c(C)c1. The van der Waals surface area contributed by atoms with E-state index < -0.39 is 0 Å². The van der Waals surface area contributed by atoms with E-state index in [-0.39, 0.29) is 11.9 Å². The lowest BCUT2D eigenvalue weighted by atomic mass is 10.0. The first-order chi connectivity index (χ1) is 7.19. The van der Waals surface area contributed by atoms with Crippen molar-refractivity contribution in [1.82, 2.24) is 5.32 Å². The number of terminal acetylenes is 1. The predicted molar refractivity (Wildman–Crippen MR) is 61.0 cm³/mol. The second kappa shape index (κ2) is 5.53. The third kappa shape index (κ3) is 3.07. The molecule has 0 fully saturated rings. The summed E-state index contributed by atoms with van der Waals surface area (Å²) in [7, 11) is 1.89. The lowest BCUT2D eigenvalue weighted by molar-refractivity contribution is 0.554. The molecule has 0 amide bonds. The van der Waals surface area contributed by atoms with Crippen molar-refractivity contribution in [2.45, 2.75) is 25.8 Å². The molecule has 1 rings (SSSR count). The van der Waals surface area contributed by atoms with Gasteiger partial charge in [0.1, 0.15) is 5.82 Å². The Bertz CT molecular complexity index is 365. The summed E-state index contributed by atoms with van der Waals surface area (Å²) >= 11 is 0. The molecule has 1 nitrogen and oxygen atoms in total. The molecule has 80 valence electrons. The lowest BCUT2D eigenvalue weighted by Crippen LogP contribution is -2.16. The van der Waals surface area contributed by atoms with Crippen LogP contribution in [0.5, 0.6) is 0 Å². The summed E-state index contributed by atoms with van der Waals surface area (Å²) in [5.74, 6) is 2.45. The van der Waals surface area contributed by atoms with E-state index in [1.807, 2.05) is 13.1 Å². The fourth-order valence-electron chi connectivity index (χ4n) is 1.59. The summed E-state index contributed by atoms with van der Waals surface area (Å²) in [6.07, 6.45) is 6.82. The van der Waals surface area contributed by atoms with Gasteiger partial charge in [-0.2, -0.15) is 0 Å². The second-order valence-corrected chi connectivity index (χ2v) is 3.59. The first-order valence-electron chi connectivity index (χ1n) is 5.05. The van der Waals surface area contributed by atoms with Crippen LogP contribution in [0.1, 0.15) is 30.0 Å². The van der Waals surface area contributed by atoms with Gasteiger partial charge in [-0.15, -0.1) is 12.3 Å². The zero-order valence-corrected chi connectivity index (χ0v) is 9.18. The monoisotopic (exact) mass is 205 g/mol. The summed E-state index contributed by atoms with van der Waals surface area (Å²) in [6, 6.07) is 5.39. The third-order valence-corrected chi connectivity index (χ3v) is 2.51. The fourth-order valence-corrected chi connectivity index (χ4v) is 1.59. The van der Waals surface area contributed by atoms with Crippen molar-refractivity contribution >= 4 is 0 Å². The van der Waals surface area contributed by atoms with E-state index in [2.05, 4.69) is 11.2 Å². The van der Waals surface area contributed by atoms with E-state index in [1.54, 1.807) is 13.0 Å². The van der Waals surface area contributed by atoms with Crippen molar-refractivity contribution in [2.24, 2.45) is 0 Å². The Kier molecular flexibility index (Phi) is 4.33. The minimum absolute atomic E-state index is 0.162. The van der Waals surface area contributed by atoms with Gasteiger partial charge in [-0.1, -0.05) is 12.1 Å². The molecule has 0 aliphatic heterocycles. The molecule has 0 heterocycles. The Morgan fingerprint density at radius 1 is 1.53 bits per heavy atom. The zero-order chi connectivity index (χ0) is 11.3. The summed E-state index contributed by atoms with van der Waals surface area (Å²) in [5.41, 5.74) is 1.76. The average molecular weight is 205 g/mol. The van der Waals surface area contributed by atoms with Gasteiger partial charge < -0.3 is 5.32 Å². The van der Waals surface area contributed by atoms with Gasteiger partial charge in [-0.3, -0.25) is 0 Å². The van der Waals surface area contributed by atoms with Crippen molar-refractivity contribution in [2.75, 3.05) is 7.05 Å². The first kappa shape index (κ1) is 11.7. The van der Waals surface area contributed by atoms with Crippen molar-refractivity contribution in [1.29, 1.82) is 0 Å². The molecule has 0 aliphatic carbocycles. The fraction of sp³-hybridized carbons (Fsp3) is 0.385. The molecule has 15 heavy (non-hydrogen) atoms. The van der Waals surface area contributed by atoms with Gasteiger partial charge in [0.2, 0.25) is 0 Å². The van der Waals surface area contributed by atoms with Crippen LogP contribution in [0.4, 0.5) is 4.39 Å². The molecular formula is C13H16FN. The molecule has 0 saturated carbocycles. The van der Waals surface area contributed by atoms with Crippen LogP contribution in [-0.4, -0.2) is 7.05 Å². The van der Waals surface area contributed by atoms with Crippen molar-refractivity contribution in [3.05, 3.63) is 35.1 Å². The number of nitrogens with one attached hydrogen (secondary N) is 1. The maximum absolute atomic E-state index is 13.1. The van der Waals surface area contributed by atoms with Gasteiger partial charge in [0.15, 0.2) is 0 Å². The normalized spacial score (nSPS) is 12.1. The van der Waals surface area contributed by atoms with Crippen LogP contribution in [0, 0.1) is 25.1 Å². The highest BCUT2D eigenvalue weighted by molar-refractivity contribution is 5.26. The summed E-state index contributed by atoms with van der Waals surface area (Å²) < 4.78 is 13.1. The number of rotatable bonds is 4. The van der Waals surface area contributed by atoms with Crippen LogP contribution >= 0.6 is 0 Å². The molecular weight excluding hydrogens is 189 g/mol. The Hall–Kier alpha value is -1.33. The van der Waals surface area contributed by atoms with Crippen molar-refractivity contribution < 1.29 is 4.39 Å². The maximum atomic E-state index is 13.1. The molecule has 1 aromatic rings. The minimum atomic E-state index is -0.162. The van der Waals surface area contributed by atoms with E-state index in [0.29, 0.717) is 5.56 Å². The van der Waals surface area contributed by atoms with Gasteiger partial charge in [-0.25, -0.2) is 4.39 Å². The highest BCUT2D eigenvalue weighted by Crippen LogP contribution is 2.20. The number of aryl methyl sites for hydroxylation is 1. The number of hydrogen-bond donors (Lipinski definition) is 1. The lowest BCUT2D eigenvalue weighted by Gasteiger charge is -2.16. The summed E-state index contributed by atoms with van der Waals surface area (Å²) in [4.78, 5) is 0. The van der Waals surface area contributed by atoms with Gasteiger partial charge in [0.25, 0.3) is 0 Å². The molecule has 0 bridgehead atoms. The molecule has 0 aliphatic rings. The Morgan fingerprint density at radius 2 is 2.27 bits per heavy atom. The number of benzene rings is 1. The van der Waals surface area contributed by atoms with Crippen LogP contribution < -0.4 is 5.32 Å². The molecule has 1 N–H and O–H groups in total. The topological polar surface area (TPSA) is 12.0 Å². The van der Waals surface area contributed by atoms with Gasteiger partial charge in [-0.05, 0) is 37.6 Å². The van der Waals surface area contributed by atoms with Crippen LogP contribution in [0.2, 0.25) is 0 Å². The van der Waals surface area contributed by atoms with Crippen LogP contribution in [-0.2, 0) is 0 Å². The molecule has 0 spiro atoms. The largest absolute Gasteiger partial charge is 0.313 e. The quantitative estimate of drug-likeness (QED) is 0.745. The molecule has 0 radical (unpaired) electrons. The third-order valence-electron chi connectivity index (χ3n) is 2.51. The maximum Gasteiger partial charge on any atom is 0.126 e. The van der Waals surface area contributed by atoms with E-state index in [1.165, 1.54) is 6.07 Å². The van der Waals surface area contributed by atoms with Crippen molar-refractivity contribution in [3.63, 3.8) is 0 Å². The van der Waals surface area contributed by atoms with Crippen LogP contribution in [0.3, 0.4) is 0 Å². The van der Waals surface area contributed by atoms with Gasteiger partial charge in [0, 0.05) is 12.5 Å². The first-order valence-corrected chi connectivity index (χ1v) is 5.05. The summed E-state index contributed by atoms with van der Waals surface area (Å²) in [5, 5.41) is 3.18.